The van der Waals surface area contributed by atoms with Gasteiger partial charge in [-0.1, -0.05) is 39.8 Å². The van der Waals surface area contributed by atoms with Crippen LogP contribution in [0.25, 0.3) is 28.0 Å². The molecule has 0 aliphatic carbocycles. The molecule has 1 aliphatic rings. The molecule has 1 aromatic carbocycles. The zero-order valence-corrected chi connectivity index (χ0v) is 23.0. The molecule has 3 aromatic heterocycles. The maximum atomic E-state index is 15.8. The van der Waals surface area contributed by atoms with Crippen LogP contribution in [0, 0.1) is 11.6 Å². The zero-order chi connectivity index (χ0) is 28.0. The summed E-state index contributed by atoms with van der Waals surface area (Å²) >= 11 is 0. The number of pyridine rings is 1. The third kappa shape index (κ3) is 4.78. The SMILES string of the molecule is CC(C)c1ncnc(C(C)C)c1-n1c(=O)nc(N2C[C@@H](C)NC[C@@H]2C)c2cc(F)c(-c3ccccc3F)nc21. The lowest BCUT2D eigenvalue weighted by Gasteiger charge is -2.38. The van der Waals surface area contributed by atoms with Crippen molar-refractivity contribution in [3.63, 3.8) is 0 Å². The van der Waals surface area contributed by atoms with Crippen molar-refractivity contribution in [2.75, 3.05) is 18.0 Å². The van der Waals surface area contributed by atoms with Crippen molar-refractivity contribution < 1.29 is 8.78 Å². The number of rotatable bonds is 5. The Bertz CT molecular complexity index is 1570. The predicted octanol–water partition coefficient (Wildman–Crippen LogP) is 4.95. The smallest absolute Gasteiger partial charge is 0.350 e. The van der Waals surface area contributed by atoms with Crippen LogP contribution < -0.4 is 15.9 Å². The van der Waals surface area contributed by atoms with Crippen LogP contribution in [0.4, 0.5) is 14.6 Å². The monoisotopic (exact) mass is 533 g/mol. The fourth-order valence-electron chi connectivity index (χ4n) is 5.17. The maximum Gasteiger partial charge on any atom is 0.355 e. The molecule has 5 rings (SSSR count). The summed E-state index contributed by atoms with van der Waals surface area (Å²) in [7, 11) is 0. The number of hydrogen-bond acceptors (Lipinski definition) is 7. The highest BCUT2D eigenvalue weighted by Gasteiger charge is 2.30. The summed E-state index contributed by atoms with van der Waals surface area (Å²) in [5.74, 6) is -1.06. The third-order valence-electron chi connectivity index (χ3n) is 7.16. The molecule has 39 heavy (non-hydrogen) atoms. The second kappa shape index (κ2) is 10.4. The summed E-state index contributed by atoms with van der Waals surface area (Å²) < 4.78 is 32.0. The topological polar surface area (TPSA) is 88.8 Å². The van der Waals surface area contributed by atoms with Gasteiger partial charge in [-0.3, -0.25) is 0 Å². The molecule has 4 heterocycles. The molecule has 1 aliphatic heterocycles. The minimum absolute atomic E-state index is 0.000959. The number of benzene rings is 1. The molecule has 1 saturated heterocycles. The first-order chi connectivity index (χ1) is 18.6. The van der Waals surface area contributed by atoms with Gasteiger partial charge in [0.05, 0.1) is 22.5 Å². The molecule has 0 amide bonds. The average Bonchev–Trinajstić information content (AvgIpc) is 2.89. The Kier molecular flexibility index (Phi) is 7.15. The van der Waals surface area contributed by atoms with E-state index in [1.807, 2.05) is 46.4 Å². The van der Waals surface area contributed by atoms with Crippen molar-refractivity contribution in [1.82, 2.24) is 29.8 Å². The highest BCUT2D eigenvalue weighted by atomic mass is 19.1. The molecule has 0 spiro atoms. The predicted molar refractivity (Wildman–Crippen MR) is 149 cm³/mol. The van der Waals surface area contributed by atoms with E-state index in [-0.39, 0.29) is 40.8 Å². The zero-order valence-electron chi connectivity index (χ0n) is 23.0. The van der Waals surface area contributed by atoms with Crippen LogP contribution in [0.1, 0.15) is 64.8 Å². The van der Waals surface area contributed by atoms with E-state index in [4.69, 9.17) is 0 Å². The Hall–Kier alpha value is -3.79. The highest BCUT2D eigenvalue weighted by molar-refractivity contribution is 5.90. The van der Waals surface area contributed by atoms with Gasteiger partial charge in [-0.2, -0.15) is 4.98 Å². The van der Waals surface area contributed by atoms with Crippen LogP contribution >= 0.6 is 0 Å². The number of aromatic nitrogens is 5. The van der Waals surface area contributed by atoms with Crippen molar-refractivity contribution in [3.8, 4) is 16.9 Å². The Morgan fingerprint density at radius 2 is 1.64 bits per heavy atom. The van der Waals surface area contributed by atoms with E-state index >= 15 is 4.39 Å². The molecular formula is C29H33F2N7O. The first kappa shape index (κ1) is 26.8. The summed E-state index contributed by atoms with van der Waals surface area (Å²) in [6, 6.07) is 7.34. The fraction of sp³-hybridized carbons (Fsp3) is 0.414. The number of anilines is 1. The van der Waals surface area contributed by atoms with Gasteiger partial charge in [0.2, 0.25) is 0 Å². The minimum atomic E-state index is -0.700. The lowest BCUT2D eigenvalue weighted by atomic mass is 10.0. The number of nitrogens with zero attached hydrogens (tertiary/aromatic N) is 6. The van der Waals surface area contributed by atoms with E-state index in [2.05, 4.69) is 25.3 Å². The minimum Gasteiger partial charge on any atom is -0.350 e. The molecule has 0 bridgehead atoms. The second-order valence-corrected chi connectivity index (χ2v) is 10.8. The Labute approximate surface area is 226 Å². The quantitative estimate of drug-likeness (QED) is 0.388. The van der Waals surface area contributed by atoms with Crippen LogP contribution in [-0.4, -0.2) is 49.7 Å². The van der Waals surface area contributed by atoms with E-state index in [0.29, 0.717) is 41.4 Å². The van der Waals surface area contributed by atoms with Gasteiger partial charge in [0, 0.05) is 30.7 Å². The van der Waals surface area contributed by atoms with E-state index in [9.17, 15) is 9.18 Å². The summed E-state index contributed by atoms with van der Waals surface area (Å²) in [4.78, 5) is 34.2. The Morgan fingerprint density at radius 1 is 0.974 bits per heavy atom. The van der Waals surface area contributed by atoms with Crippen LogP contribution in [-0.2, 0) is 0 Å². The second-order valence-electron chi connectivity index (χ2n) is 10.8. The molecule has 1 fully saturated rings. The van der Waals surface area contributed by atoms with Crippen molar-refractivity contribution in [2.45, 2.75) is 65.5 Å². The lowest BCUT2D eigenvalue weighted by Crippen LogP contribution is -2.55. The number of fused-ring (bicyclic) bond motifs is 1. The van der Waals surface area contributed by atoms with Crippen LogP contribution in [0.3, 0.4) is 0 Å². The fourth-order valence-corrected chi connectivity index (χ4v) is 5.17. The van der Waals surface area contributed by atoms with Gasteiger partial charge in [0.25, 0.3) is 0 Å². The van der Waals surface area contributed by atoms with Gasteiger partial charge < -0.3 is 10.2 Å². The molecule has 204 valence electrons. The van der Waals surface area contributed by atoms with E-state index in [1.54, 1.807) is 6.07 Å². The van der Waals surface area contributed by atoms with Gasteiger partial charge in [-0.15, -0.1) is 0 Å². The third-order valence-corrected chi connectivity index (χ3v) is 7.16. The van der Waals surface area contributed by atoms with Crippen molar-refractivity contribution >= 4 is 16.9 Å². The Balaban J connectivity index is 1.92. The summed E-state index contributed by atoms with van der Waals surface area (Å²) in [5, 5.41) is 3.78. The van der Waals surface area contributed by atoms with Crippen molar-refractivity contribution in [1.29, 1.82) is 0 Å². The normalized spacial score (nSPS) is 17.9. The molecule has 4 aromatic rings. The highest BCUT2D eigenvalue weighted by Crippen LogP contribution is 2.34. The molecule has 8 nitrogen and oxygen atoms in total. The maximum absolute atomic E-state index is 15.8. The first-order valence-corrected chi connectivity index (χ1v) is 13.3. The van der Waals surface area contributed by atoms with Gasteiger partial charge in [-0.05, 0) is 43.9 Å². The van der Waals surface area contributed by atoms with Gasteiger partial charge >= 0.3 is 5.69 Å². The molecular weight excluding hydrogens is 500 g/mol. The van der Waals surface area contributed by atoms with Crippen LogP contribution in [0.2, 0.25) is 0 Å². The summed E-state index contributed by atoms with van der Waals surface area (Å²) in [6.07, 6.45) is 1.49. The van der Waals surface area contributed by atoms with Gasteiger partial charge in [-0.25, -0.2) is 33.1 Å². The first-order valence-electron chi connectivity index (χ1n) is 13.3. The summed E-state index contributed by atoms with van der Waals surface area (Å²) in [6.45, 7) is 13.2. The van der Waals surface area contributed by atoms with Crippen molar-refractivity contribution in [3.05, 3.63) is 70.2 Å². The average molecular weight is 534 g/mol. The van der Waals surface area contributed by atoms with Crippen LogP contribution in [0.15, 0.2) is 41.5 Å². The number of piperazine rings is 1. The molecule has 0 radical (unpaired) electrons. The van der Waals surface area contributed by atoms with E-state index in [1.165, 1.54) is 35.2 Å². The lowest BCUT2D eigenvalue weighted by molar-refractivity contribution is 0.423. The standard InChI is InChI=1S/C29H33F2N7O/c1-15(2)23-26(24(16(3)4)34-14-33-23)38-28-20(11-22(31)25(35-28)19-9-7-8-10-21(19)30)27(36-29(38)39)37-13-17(5)32-12-18(37)6/h7-11,14-18,32H,12-13H2,1-6H3/t17-,18+/m1/s1. The van der Waals surface area contributed by atoms with E-state index < -0.39 is 17.3 Å². The summed E-state index contributed by atoms with van der Waals surface area (Å²) in [5.41, 5.74) is 1.22. The largest absolute Gasteiger partial charge is 0.355 e. The number of hydrogen-bond donors (Lipinski definition) is 1. The van der Waals surface area contributed by atoms with Gasteiger partial charge in [0.1, 0.15) is 29.5 Å². The molecule has 10 heteroatoms. The number of halogens is 2. The molecule has 0 unspecified atom stereocenters. The van der Waals surface area contributed by atoms with E-state index in [0.717, 1.165) is 0 Å². The Morgan fingerprint density at radius 3 is 2.28 bits per heavy atom. The van der Waals surface area contributed by atoms with Gasteiger partial charge in [0.15, 0.2) is 5.65 Å². The van der Waals surface area contributed by atoms with Crippen LogP contribution in [0.5, 0.6) is 0 Å². The number of nitrogens with one attached hydrogen (secondary N) is 1. The molecule has 0 saturated carbocycles. The molecule has 1 N–H and O–H groups in total. The molecule has 2 atom stereocenters. The van der Waals surface area contributed by atoms with Crippen molar-refractivity contribution in [2.24, 2.45) is 0 Å².